The maximum Gasteiger partial charge on any atom is 0.127 e. The Morgan fingerprint density at radius 2 is 1.83 bits per heavy atom. The molecule has 1 heterocycles. The molecule has 1 aliphatic heterocycles. The minimum Gasteiger partial charge on any atom is -0.491 e. The number of hydrogen-bond donors (Lipinski definition) is 2. The number of piperazine rings is 1. The normalized spacial score (nSPS) is 20.8. The SMILES string of the molecule is C=CCc1cc(C)cc(C)c1OCCOCC[NH+]1CC[NH+](C)CC1. The summed E-state index contributed by atoms with van der Waals surface area (Å²) in [6.45, 7) is 16.3. The molecule has 0 aliphatic carbocycles. The Bertz CT molecular complexity index is 523. The molecule has 134 valence electrons. The van der Waals surface area contributed by atoms with Crippen LogP contribution in [0.25, 0.3) is 0 Å². The van der Waals surface area contributed by atoms with Crippen LogP contribution in [0.4, 0.5) is 0 Å². The fraction of sp³-hybridized carbons (Fsp3) is 0.600. The van der Waals surface area contributed by atoms with Crippen LogP contribution in [0.15, 0.2) is 24.8 Å². The molecule has 0 radical (unpaired) electrons. The van der Waals surface area contributed by atoms with Crippen molar-refractivity contribution in [1.82, 2.24) is 0 Å². The van der Waals surface area contributed by atoms with Crippen LogP contribution in [0.5, 0.6) is 5.75 Å². The number of nitrogens with one attached hydrogen (secondary N) is 2. The first kappa shape index (κ1) is 19.0. The van der Waals surface area contributed by atoms with Crippen molar-refractivity contribution in [1.29, 1.82) is 0 Å². The Morgan fingerprint density at radius 3 is 2.54 bits per heavy atom. The summed E-state index contributed by atoms with van der Waals surface area (Å²) in [4.78, 5) is 3.32. The molecule has 1 aliphatic rings. The standard InChI is InChI=1S/C20H32N2O2/c1-5-6-19-16-17(2)15-18(3)20(19)24-14-13-23-12-11-22-9-7-21(4)8-10-22/h5,15-16H,1,6-14H2,2-4H3/p+2. The van der Waals surface area contributed by atoms with Gasteiger partial charge in [0.1, 0.15) is 45.1 Å². The molecule has 0 unspecified atom stereocenters. The van der Waals surface area contributed by atoms with E-state index < -0.39 is 0 Å². The maximum atomic E-state index is 6.00. The summed E-state index contributed by atoms with van der Waals surface area (Å²) >= 11 is 0. The third-order valence-electron chi connectivity index (χ3n) is 4.74. The van der Waals surface area contributed by atoms with Crippen LogP contribution in [-0.2, 0) is 11.2 Å². The van der Waals surface area contributed by atoms with Crippen molar-refractivity contribution in [3.05, 3.63) is 41.5 Å². The van der Waals surface area contributed by atoms with Gasteiger partial charge >= 0.3 is 0 Å². The number of likely N-dealkylation sites (N-methyl/N-ethyl adjacent to an activating group) is 1. The molecule has 0 atom stereocenters. The predicted octanol–water partition coefficient (Wildman–Crippen LogP) is -0.159. The molecule has 0 bridgehead atoms. The number of rotatable bonds is 9. The highest BCUT2D eigenvalue weighted by molar-refractivity contribution is 5.44. The van der Waals surface area contributed by atoms with E-state index in [1.165, 1.54) is 42.9 Å². The van der Waals surface area contributed by atoms with Crippen LogP contribution in [-0.4, -0.2) is 59.6 Å². The summed E-state index contributed by atoms with van der Waals surface area (Å²) in [5, 5.41) is 0. The van der Waals surface area contributed by atoms with Gasteiger partial charge in [0.2, 0.25) is 0 Å². The summed E-state index contributed by atoms with van der Waals surface area (Å²) in [5.74, 6) is 0.997. The van der Waals surface area contributed by atoms with Crippen molar-refractivity contribution >= 4 is 0 Å². The number of hydrogen-bond acceptors (Lipinski definition) is 2. The Kier molecular flexibility index (Phi) is 7.76. The molecule has 1 saturated heterocycles. The maximum absolute atomic E-state index is 6.00. The topological polar surface area (TPSA) is 27.3 Å². The van der Waals surface area contributed by atoms with E-state index in [1.807, 2.05) is 6.08 Å². The zero-order valence-electron chi connectivity index (χ0n) is 15.6. The van der Waals surface area contributed by atoms with E-state index in [0.29, 0.717) is 13.2 Å². The fourth-order valence-corrected chi connectivity index (χ4v) is 3.36. The van der Waals surface area contributed by atoms with Crippen molar-refractivity contribution in [2.45, 2.75) is 20.3 Å². The van der Waals surface area contributed by atoms with Gasteiger partial charge in [0.25, 0.3) is 0 Å². The van der Waals surface area contributed by atoms with Gasteiger partial charge in [-0.25, -0.2) is 0 Å². The second kappa shape index (κ2) is 9.82. The van der Waals surface area contributed by atoms with Crippen LogP contribution in [0.1, 0.15) is 16.7 Å². The van der Waals surface area contributed by atoms with Crippen molar-refractivity contribution in [2.24, 2.45) is 0 Å². The molecule has 24 heavy (non-hydrogen) atoms. The molecule has 0 amide bonds. The minimum atomic E-state index is 0.607. The number of quaternary nitrogens is 2. The highest BCUT2D eigenvalue weighted by Crippen LogP contribution is 2.26. The van der Waals surface area contributed by atoms with Crippen LogP contribution in [0, 0.1) is 13.8 Å². The molecule has 1 aromatic rings. The summed E-state index contributed by atoms with van der Waals surface area (Å²) in [7, 11) is 2.28. The number of ether oxygens (including phenoxy) is 2. The van der Waals surface area contributed by atoms with E-state index >= 15 is 0 Å². The molecule has 4 heteroatoms. The Hall–Kier alpha value is -1.36. The first-order valence-electron chi connectivity index (χ1n) is 9.16. The summed E-state index contributed by atoms with van der Waals surface area (Å²) in [6, 6.07) is 4.35. The number of benzene rings is 1. The molecule has 2 N–H and O–H groups in total. The highest BCUT2D eigenvalue weighted by atomic mass is 16.5. The molecule has 4 nitrogen and oxygen atoms in total. The lowest BCUT2D eigenvalue weighted by molar-refractivity contribution is -1.00. The van der Waals surface area contributed by atoms with Gasteiger partial charge in [-0.3, -0.25) is 0 Å². The molecule has 0 saturated carbocycles. The van der Waals surface area contributed by atoms with Crippen molar-refractivity contribution < 1.29 is 19.3 Å². The zero-order chi connectivity index (χ0) is 17.4. The lowest BCUT2D eigenvalue weighted by atomic mass is 10.0. The van der Waals surface area contributed by atoms with E-state index in [4.69, 9.17) is 9.47 Å². The molecule has 2 rings (SSSR count). The van der Waals surface area contributed by atoms with Gasteiger partial charge in [0, 0.05) is 0 Å². The molecule has 0 spiro atoms. The van der Waals surface area contributed by atoms with Crippen LogP contribution >= 0.6 is 0 Å². The first-order valence-corrected chi connectivity index (χ1v) is 9.16. The lowest BCUT2D eigenvalue weighted by Crippen LogP contribution is -3.27. The number of allylic oxidation sites excluding steroid dienone is 1. The smallest absolute Gasteiger partial charge is 0.127 e. The third kappa shape index (κ3) is 5.93. The van der Waals surface area contributed by atoms with Crippen molar-refractivity contribution in [2.75, 3.05) is 59.6 Å². The average molecular weight is 335 g/mol. The fourth-order valence-electron chi connectivity index (χ4n) is 3.36. The Balaban J connectivity index is 1.68. The Labute approximate surface area is 147 Å². The van der Waals surface area contributed by atoms with Gasteiger partial charge in [-0.15, -0.1) is 6.58 Å². The van der Waals surface area contributed by atoms with Crippen LogP contribution in [0.3, 0.4) is 0 Å². The van der Waals surface area contributed by atoms with Crippen molar-refractivity contribution in [3.8, 4) is 5.75 Å². The molecule has 0 aromatic heterocycles. The van der Waals surface area contributed by atoms with E-state index in [2.05, 4.69) is 39.6 Å². The van der Waals surface area contributed by atoms with E-state index in [1.54, 1.807) is 9.80 Å². The second-order valence-electron chi connectivity index (χ2n) is 6.98. The first-order chi connectivity index (χ1) is 11.6. The van der Waals surface area contributed by atoms with Crippen LogP contribution < -0.4 is 14.5 Å². The van der Waals surface area contributed by atoms with Gasteiger partial charge in [-0.2, -0.15) is 0 Å². The van der Waals surface area contributed by atoms with Gasteiger partial charge in [0.05, 0.1) is 20.3 Å². The van der Waals surface area contributed by atoms with Gasteiger partial charge < -0.3 is 19.3 Å². The molecular weight excluding hydrogens is 300 g/mol. The van der Waals surface area contributed by atoms with Gasteiger partial charge in [-0.05, 0) is 31.4 Å². The molecular formula is C20H34N2O2+2. The number of aryl methyl sites for hydroxylation is 2. The van der Waals surface area contributed by atoms with Gasteiger partial charge in [-0.1, -0.05) is 23.8 Å². The highest BCUT2D eigenvalue weighted by Gasteiger charge is 2.19. The quantitative estimate of drug-likeness (QED) is 0.485. The zero-order valence-corrected chi connectivity index (χ0v) is 15.6. The van der Waals surface area contributed by atoms with Gasteiger partial charge in [0.15, 0.2) is 0 Å². The average Bonchev–Trinajstić information content (AvgIpc) is 2.54. The monoisotopic (exact) mass is 334 g/mol. The lowest BCUT2D eigenvalue weighted by Gasteiger charge is -2.27. The Morgan fingerprint density at radius 1 is 1.08 bits per heavy atom. The molecule has 1 fully saturated rings. The van der Waals surface area contributed by atoms with E-state index in [-0.39, 0.29) is 0 Å². The predicted molar refractivity (Wildman–Crippen MR) is 98.3 cm³/mol. The molecule has 1 aromatic carbocycles. The summed E-state index contributed by atoms with van der Waals surface area (Å²) < 4.78 is 11.8. The largest absolute Gasteiger partial charge is 0.491 e. The van der Waals surface area contributed by atoms with Crippen molar-refractivity contribution in [3.63, 3.8) is 0 Å². The summed E-state index contributed by atoms with van der Waals surface area (Å²) in [5.41, 5.74) is 3.67. The third-order valence-corrected chi connectivity index (χ3v) is 4.74. The van der Waals surface area contributed by atoms with Crippen LogP contribution in [0.2, 0.25) is 0 Å². The van der Waals surface area contributed by atoms with E-state index in [0.717, 1.165) is 25.3 Å². The minimum absolute atomic E-state index is 0.607. The van der Waals surface area contributed by atoms with E-state index in [9.17, 15) is 0 Å². The second-order valence-corrected chi connectivity index (χ2v) is 6.98. The summed E-state index contributed by atoms with van der Waals surface area (Å²) in [6.07, 6.45) is 2.77.